The maximum absolute atomic E-state index is 13.6. The number of carbonyl (C=O) groups is 1. The minimum atomic E-state index is -0.443. The molecule has 0 radical (unpaired) electrons. The molecule has 1 aliphatic rings. The molecule has 0 fully saturated rings. The second-order valence-electron chi connectivity index (χ2n) is 9.34. The number of rotatable bonds is 10. The number of hydrogen-bond donors (Lipinski definition) is 1. The molecule has 2 aromatic carbocycles. The van der Waals surface area contributed by atoms with Crippen LogP contribution in [0.2, 0.25) is 0 Å². The number of esters is 1. The Morgan fingerprint density at radius 3 is 2.64 bits per heavy atom. The maximum atomic E-state index is 13.6. The van der Waals surface area contributed by atoms with Crippen LogP contribution in [0.1, 0.15) is 37.8 Å². The van der Waals surface area contributed by atoms with E-state index in [1.165, 1.54) is 0 Å². The van der Waals surface area contributed by atoms with E-state index in [2.05, 4.69) is 39.5 Å². The molecule has 3 aromatic rings. The standard InChI is InChI=1S/C29H35N3O4/c1-6-35-29(33)27-24(18-34-17-16-32(4)5)31-23-14-15-30-28(36-19(2)3)26(23)25(27)22-13-9-11-20-10-7-8-12-21(20)22/h7-15,19,25,31H,6,16-18H2,1-5H3. The third kappa shape index (κ3) is 5.53. The van der Waals surface area contributed by atoms with Crippen LogP contribution >= 0.6 is 0 Å². The first-order chi connectivity index (χ1) is 17.4. The van der Waals surface area contributed by atoms with Crippen molar-refractivity contribution in [3.8, 4) is 5.88 Å². The minimum Gasteiger partial charge on any atom is -0.475 e. The van der Waals surface area contributed by atoms with Crippen molar-refractivity contribution in [1.82, 2.24) is 9.88 Å². The summed E-state index contributed by atoms with van der Waals surface area (Å²) in [7, 11) is 4.00. The van der Waals surface area contributed by atoms with Gasteiger partial charge in [0, 0.05) is 24.0 Å². The lowest BCUT2D eigenvalue weighted by molar-refractivity contribution is -0.138. The molecule has 36 heavy (non-hydrogen) atoms. The summed E-state index contributed by atoms with van der Waals surface area (Å²) in [6, 6.07) is 16.3. The summed E-state index contributed by atoms with van der Waals surface area (Å²) in [5.74, 6) is -0.317. The Balaban J connectivity index is 1.93. The lowest BCUT2D eigenvalue weighted by Gasteiger charge is -2.33. The van der Waals surface area contributed by atoms with Gasteiger partial charge in [0.05, 0.1) is 43.1 Å². The molecule has 0 saturated heterocycles. The Labute approximate surface area is 213 Å². The number of likely N-dealkylation sites (N-methyl/N-ethyl adjacent to an activating group) is 1. The van der Waals surface area contributed by atoms with Gasteiger partial charge in [0.2, 0.25) is 5.88 Å². The van der Waals surface area contributed by atoms with Gasteiger partial charge in [0.25, 0.3) is 0 Å². The maximum Gasteiger partial charge on any atom is 0.336 e. The molecule has 1 N–H and O–H groups in total. The molecule has 1 aliphatic heterocycles. The normalized spacial score (nSPS) is 15.2. The molecule has 2 heterocycles. The molecule has 0 spiro atoms. The first kappa shape index (κ1) is 25.7. The Morgan fingerprint density at radius 2 is 1.89 bits per heavy atom. The Bertz CT molecular complexity index is 1250. The van der Waals surface area contributed by atoms with E-state index in [-0.39, 0.29) is 25.3 Å². The van der Waals surface area contributed by atoms with E-state index >= 15 is 0 Å². The van der Waals surface area contributed by atoms with Gasteiger partial charge in [0.1, 0.15) is 0 Å². The van der Waals surface area contributed by atoms with Crippen molar-refractivity contribution in [1.29, 1.82) is 0 Å². The average Bonchev–Trinajstić information content (AvgIpc) is 2.85. The molecule has 7 heteroatoms. The first-order valence-electron chi connectivity index (χ1n) is 12.4. The monoisotopic (exact) mass is 489 g/mol. The van der Waals surface area contributed by atoms with E-state index in [1.807, 2.05) is 59.1 Å². The van der Waals surface area contributed by atoms with E-state index in [0.29, 0.717) is 23.8 Å². The van der Waals surface area contributed by atoms with Crippen LogP contribution in [0.5, 0.6) is 5.88 Å². The zero-order valence-corrected chi connectivity index (χ0v) is 21.7. The zero-order chi connectivity index (χ0) is 25.7. The van der Waals surface area contributed by atoms with Crippen LogP contribution in [0, 0.1) is 0 Å². The van der Waals surface area contributed by atoms with Crippen molar-refractivity contribution in [2.75, 3.05) is 45.8 Å². The summed E-state index contributed by atoms with van der Waals surface area (Å²) >= 11 is 0. The molecule has 1 aromatic heterocycles. The van der Waals surface area contributed by atoms with E-state index in [1.54, 1.807) is 6.20 Å². The Kier molecular flexibility index (Phi) is 8.23. The van der Waals surface area contributed by atoms with E-state index < -0.39 is 5.92 Å². The summed E-state index contributed by atoms with van der Waals surface area (Å²) in [5, 5.41) is 5.61. The molecular formula is C29H35N3O4. The van der Waals surface area contributed by atoms with Crippen molar-refractivity contribution < 1.29 is 19.0 Å². The smallest absolute Gasteiger partial charge is 0.336 e. The number of carbonyl (C=O) groups excluding carboxylic acids is 1. The van der Waals surface area contributed by atoms with E-state index in [9.17, 15) is 4.79 Å². The number of aromatic nitrogens is 1. The molecule has 7 nitrogen and oxygen atoms in total. The van der Waals surface area contributed by atoms with Crippen molar-refractivity contribution in [3.05, 3.63) is 77.1 Å². The van der Waals surface area contributed by atoms with Gasteiger partial charge < -0.3 is 24.4 Å². The predicted octanol–water partition coefficient (Wildman–Crippen LogP) is 4.97. The Hall–Kier alpha value is -3.42. The van der Waals surface area contributed by atoms with Crippen LogP contribution in [0.15, 0.2) is 66.0 Å². The third-order valence-electron chi connectivity index (χ3n) is 6.05. The summed E-state index contributed by atoms with van der Waals surface area (Å²) in [4.78, 5) is 20.2. The highest BCUT2D eigenvalue weighted by Gasteiger charge is 2.38. The highest BCUT2D eigenvalue weighted by Crippen LogP contribution is 2.47. The van der Waals surface area contributed by atoms with E-state index in [4.69, 9.17) is 14.2 Å². The summed E-state index contributed by atoms with van der Waals surface area (Å²) in [6.45, 7) is 7.60. The quantitative estimate of drug-likeness (QED) is 0.318. The number of fused-ring (bicyclic) bond motifs is 2. The molecule has 0 amide bonds. The fourth-order valence-corrected chi connectivity index (χ4v) is 4.51. The number of nitrogens with one attached hydrogen (secondary N) is 1. The number of benzene rings is 2. The van der Waals surface area contributed by atoms with Crippen LogP contribution in [-0.2, 0) is 14.3 Å². The zero-order valence-electron chi connectivity index (χ0n) is 21.7. The van der Waals surface area contributed by atoms with Crippen LogP contribution in [0.25, 0.3) is 10.8 Å². The van der Waals surface area contributed by atoms with E-state index in [0.717, 1.165) is 34.1 Å². The van der Waals surface area contributed by atoms with Gasteiger partial charge >= 0.3 is 5.97 Å². The summed E-state index contributed by atoms with van der Waals surface area (Å²) in [6.07, 6.45) is 1.65. The summed E-state index contributed by atoms with van der Waals surface area (Å²) in [5.41, 5.74) is 3.87. The van der Waals surface area contributed by atoms with Crippen LogP contribution in [0.4, 0.5) is 5.69 Å². The lowest BCUT2D eigenvalue weighted by Crippen LogP contribution is -2.29. The number of hydrogen-bond acceptors (Lipinski definition) is 7. The number of pyridine rings is 1. The molecule has 0 saturated carbocycles. The summed E-state index contributed by atoms with van der Waals surface area (Å²) < 4.78 is 17.8. The molecule has 1 unspecified atom stereocenters. The minimum absolute atomic E-state index is 0.0806. The van der Waals surface area contributed by atoms with Gasteiger partial charge in [-0.15, -0.1) is 0 Å². The second-order valence-corrected chi connectivity index (χ2v) is 9.34. The third-order valence-corrected chi connectivity index (χ3v) is 6.05. The predicted molar refractivity (Wildman–Crippen MR) is 142 cm³/mol. The van der Waals surface area contributed by atoms with Crippen molar-refractivity contribution in [2.45, 2.75) is 32.8 Å². The average molecular weight is 490 g/mol. The molecule has 190 valence electrons. The second kappa shape index (κ2) is 11.5. The number of ether oxygens (including phenoxy) is 3. The highest BCUT2D eigenvalue weighted by atomic mass is 16.5. The molecule has 0 aliphatic carbocycles. The fraction of sp³-hybridized carbons (Fsp3) is 0.379. The highest BCUT2D eigenvalue weighted by molar-refractivity contribution is 5.98. The number of anilines is 1. The Morgan fingerprint density at radius 1 is 1.11 bits per heavy atom. The van der Waals surface area contributed by atoms with Crippen LogP contribution in [-0.4, -0.2) is 62.4 Å². The van der Waals surface area contributed by atoms with Crippen molar-refractivity contribution >= 4 is 22.4 Å². The van der Waals surface area contributed by atoms with Crippen LogP contribution < -0.4 is 10.1 Å². The van der Waals surface area contributed by atoms with Gasteiger partial charge in [-0.1, -0.05) is 42.5 Å². The SMILES string of the molecule is CCOC(=O)C1=C(COCCN(C)C)Nc2ccnc(OC(C)C)c2C1c1cccc2ccccc12. The molecule has 1 atom stereocenters. The van der Waals surface area contributed by atoms with Gasteiger partial charge in [0.15, 0.2) is 0 Å². The van der Waals surface area contributed by atoms with Gasteiger partial charge in [-0.2, -0.15) is 0 Å². The van der Waals surface area contributed by atoms with Crippen LogP contribution in [0.3, 0.4) is 0 Å². The largest absolute Gasteiger partial charge is 0.475 e. The fourth-order valence-electron chi connectivity index (χ4n) is 4.51. The molecule has 4 rings (SSSR count). The van der Waals surface area contributed by atoms with Crippen molar-refractivity contribution in [2.24, 2.45) is 0 Å². The van der Waals surface area contributed by atoms with Gasteiger partial charge in [-0.25, -0.2) is 9.78 Å². The first-order valence-corrected chi connectivity index (χ1v) is 12.4. The lowest BCUT2D eigenvalue weighted by atomic mass is 9.79. The molecule has 0 bridgehead atoms. The molecular weight excluding hydrogens is 454 g/mol. The number of nitrogens with zero attached hydrogens (tertiary/aromatic N) is 2. The topological polar surface area (TPSA) is 72.9 Å². The van der Waals surface area contributed by atoms with Gasteiger partial charge in [-0.05, 0) is 57.3 Å². The van der Waals surface area contributed by atoms with Crippen molar-refractivity contribution in [3.63, 3.8) is 0 Å². The van der Waals surface area contributed by atoms with Gasteiger partial charge in [-0.3, -0.25) is 0 Å².